The maximum Gasteiger partial charge on any atom is 0.274 e. The van der Waals surface area contributed by atoms with E-state index in [9.17, 15) is 9.00 Å². The smallest absolute Gasteiger partial charge is 0.274 e. The van der Waals surface area contributed by atoms with Gasteiger partial charge in [0.25, 0.3) is 11.8 Å². The topological polar surface area (TPSA) is 92.1 Å². The van der Waals surface area contributed by atoms with E-state index in [1.807, 2.05) is 17.0 Å². The lowest BCUT2D eigenvalue weighted by atomic mass is 9.92. The Hall–Kier alpha value is -2.45. The van der Waals surface area contributed by atoms with Gasteiger partial charge in [-0.3, -0.25) is 9.00 Å². The fourth-order valence-electron chi connectivity index (χ4n) is 3.92. The Balaban J connectivity index is 1.42. The number of aromatic amines is 1. The zero-order valence-electron chi connectivity index (χ0n) is 14.8. The number of nitrogens with one attached hydrogen (secondary N) is 1. The first kappa shape index (κ1) is 17.6. The van der Waals surface area contributed by atoms with E-state index < -0.39 is 10.8 Å². The lowest BCUT2D eigenvalue weighted by Crippen LogP contribution is -2.47. The Morgan fingerprint density at radius 2 is 2.14 bits per heavy atom. The lowest BCUT2D eigenvalue weighted by molar-refractivity contribution is 0.0611. The van der Waals surface area contributed by atoms with Crippen molar-refractivity contribution in [3.63, 3.8) is 0 Å². The summed E-state index contributed by atoms with van der Waals surface area (Å²) >= 11 is 5.94. The highest BCUT2D eigenvalue weighted by Gasteiger charge is 2.39. The number of H-pyrrole nitrogens is 1. The molecule has 28 heavy (non-hydrogen) atoms. The summed E-state index contributed by atoms with van der Waals surface area (Å²) in [5.41, 5.74) is 1.19. The van der Waals surface area contributed by atoms with Gasteiger partial charge in [-0.15, -0.1) is 0 Å². The van der Waals surface area contributed by atoms with Crippen LogP contribution in [0.1, 0.15) is 34.9 Å². The number of nitrogens with zero attached hydrogens (tertiary/aromatic N) is 3. The molecule has 1 N–H and O–H groups in total. The quantitative estimate of drug-likeness (QED) is 0.692. The molecule has 7 nitrogen and oxygen atoms in total. The van der Waals surface area contributed by atoms with Crippen LogP contribution in [0.25, 0.3) is 11.6 Å². The molecule has 9 heteroatoms. The third-order valence-electron chi connectivity index (χ3n) is 5.36. The Kier molecular flexibility index (Phi) is 4.32. The fourth-order valence-corrected chi connectivity index (χ4v) is 5.59. The highest BCUT2D eigenvalue weighted by Crippen LogP contribution is 2.34. The van der Waals surface area contributed by atoms with Crippen molar-refractivity contribution < 1.29 is 13.5 Å². The van der Waals surface area contributed by atoms with Crippen LogP contribution in [0.3, 0.4) is 0 Å². The van der Waals surface area contributed by atoms with Gasteiger partial charge in [0.1, 0.15) is 5.69 Å². The number of carbonyl (C=O) groups excluding carboxylic acids is 1. The molecule has 3 atom stereocenters. The molecule has 2 aliphatic rings. The van der Waals surface area contributed by atoms with Crippen molar-refractivity contribution in [1.82, 2.24) is 20.0 Å². The molecule has 2 aromatic heterocycles. The van der Waals surface area contributed by atoms with E-state index in [-0.39, 0.29) is 17.9 Å². The molecule has 1 fully saturated rings. The molecule has 144 valence electrons. The number of piperidine rings is 1. The summed E-state index contributed by atoms with van der Waals surface area (Å²) in [7, 11) is -1.17. The number of aromatic nitrogens is 3. The SMILES string of the molecule is O=C1c2ccccc2S(=O)C[C@@H]2CC[C@H](c3noc(-c4cc(Cl)c[nH]4)n3)CN12. The third-order valence-corrected chi connectivity index (χ3v) is 7.11. The predicted molar refractivity (Wildman–Crippen MR) is 104 cm³/mol. The van der Waals surface area contributed by atoms with Gasteiger partial charge in [0.05, 0.1) is 26.3 Å². The van der Waals surface area contributed by atoms with Gasteiger partial charge in [0.2, 0.25) is 0 Å². The van der Waals surface area contributed by atoms with Crippen LogP contribution in [0.15, 0.2) is 45.9 Å². The molecule has 1 aromatic carbocycles. The molecule has 4 heterocycles. The van der Waals surface area contributed by atoms with Gasteiger partial charge in [-0.25, -0.2) is 0 Å². The zero-order valence-corrected chi connectivity index (χ0v) is 16.4. The van der Waals surface area contributed by atoms with Crippen molar-refractivity contribution in [3.05, 3.63) is 52.9 Å². The van der Waals surface area contributed by atoms with Gasteiger partial charge in [-0.2, -0.15) is 4.98 Å². The van der Waals surface area contributed by atoms with Crippen LogP contribution >= 0.6 is 11.6 Å². The van der Waals surface area contributed by atoms with Crippen molar-refractivity contribution in [3.8, 4) is 11.6 Å². The summed E-state index contributed by atoms with van der Waals surface area (Å²) in [6.07, 6.45) is 3.22. The van der Waals surface area contributed by atoms with Crippen LogP contribution in [-0.4, -0.2) is 48.5 Å². The van der Waals surface area contributed by atoms with Gasteiger partial charge in [-0.05, 0) is 31.0 Å². The Morgan fingerprint density at radius 3 is 2.96 bits per heavy atom. The number of halogens is 1. The van der Waals surface area contributed by atoms with Crippen molar-refractivity contribution in [2.24, 2.45) is 0 Å². The second-order valence-corrected chi connectivity index (χ2v) is 8.98. The van der Waals surface area contributed by atoms with E-state index in [2.05, 4.69) is 15.1 Å². The second kappa shape index (κ2) is 6.86. The van der Waals surface area contributed by atoms with E-state index in [1.54, 1.807) is 24.4 Å². The van der Waals surface area contributed by atoms with E-state index in [1.165, 1.54) is 0 Å². The Labute approximate surface area is 168 Å². The van der Waals surface area contributed by atoms with Crippen molar-refractivity contribution >= 4 is 28.3 Å². The molecule has 0 spiro atoms. The molecule has 1 amide bonds. The summed E-state index contributed by atoms with van der Waals surface area (Å²) in [6, 6.07) is 8.86. The highest BCUT2D eigenvalue weighted by atomic mass is 35.5. The standard InChI is InChI=1S/C19H17ClN4O3S/c20-12-7-15(21-8-12)18-22-17(23-27-18)11-5-6-13-10-28(26)16-4-2-1-3-14(16)19(25)24(13)9-11/h1-4,7-8,11,13,21H,5-6,9-10H2/t11-,13-,28?/m0/s1. The first-order valence-electron chi connectivity index (χ1n) is 9.06. The predicted octanol–water partition coefficient (Wildman–Crippen LogP) is 3.23. The normalized spacial score (nSPS) is 24.5. The molecule has 0 saturated carbocycles. The highest BCUT2D eigenvalue weighted by molar-refractivity contribution is 7.85. The van der Waals surface area contributed by atoms with Crippen LogP contribution in [0.4, 0.5) is 0 Å². The molecule has 0 aliphatic carbocycles. The first-order valence-corrected chi connectivity index (χ1v) is 10.8. The minimum Gasteiger partial charge on any atom is -0.356 e. The molecule has 0 bridgehead atoms. The monoisotopic (exact) mass is 416 g/mol. The number of hydrogen-bond acceptors (Lipinski definition) is 5. The van der Waals surface area contributed by atoms with Crippen molar-refractivity contribution in [2.75, 3.05) is 12.3 Å². The zero-order chi connectivity index (χ0) is 19.3. The maximum atomic E-state index is 13.1. The molecule has 2 aliphatic heterocycles. The summed E-state index contributed by atoms with van der Waals surface area (Å²) in [4.78, 5) is 23.1. The number of amides is 1. The Morgan fingerprint density at radius 1 is 1.29 bits per heavy atom. The minimum atomic E-state index is -1.17. The van der Waals surface area contributed by atoms with Crippen LogP contribution in [0, 0.1) is 0 Å². The third kappa shape index (κ3) is 2.97. The van der Waals surface area contributed by atoms with Crippen LogP contribution in [0.2, 0.25) is 5.02 Å². The van der Waals surface area contributed by atoms with Crippen LogP contribution < -0.4 is 0 Å². The van der Waals surface area contributed by atoms with Crippen molar-refractivity contribution in [1.29, 1.82) is 0 Å². The van der Waals surface area contributed by atoms with Gasteiger partial charge in [0, 0.05) is 30.5 Å². The average Bonchev–Trinajstić information content (AvgIpc) is 3.34. The summed E-state index contributed by atoms with van der Waals surface area (Å²) in [5, 5.41) is 4.69. The summed E-state index contributed by atoms with van der Waals surface area (Å²) in [6.45, 7) is 0.486. The number of fused-ring (bicyclic) bond motifs is 2. The number of hydrogen-bond donors (Lipinski definition) is 1. The molecule has 1 unspecified atom stereocenters. The van der Waals surface area contributed by atoms with Crippen LogP contribution in [-0.2, 0) is 10.8 Å². The van der Waals surface area contributed by atoms with Gasteiger partial charge < -0.3 is 14.4 Å². The molecule has 1 saturated heterocycles. The average molecular weight is 417 g/mol. The maximum absolute atomic E-state index is 13.1. The van der Waals surface area contributed by atoms with Gasteiger partial charge >= 0.3 is 0 Å². The largest absolute Gasteiger partial charge is 0.356 e. The summed E-state index contributed by atoms with van der Waals surface area (Å²) < 4.78 is 18.1. The lowest BCUT2D eigenvalue weighted by Gasteiger charge is -2.37. The van der Waals surface area contributed by atoms with E-state index in [0.717, 1.165) is 12.8 Å². The number of rotatable bonds is 2. The first-order chi connectivity index (χ1) is 13.6. The van der Waals surface area contributed by atoms with E-state index in [4.69, 9.17) is 16.1 Å². The Bertz CT molecular complexity index is 1080. The fraction of sp³-hybridized carbons (Fsp3) is 0.316. The molecular weight excluding hydrogens is 400 g/mol. The van der Waals surface area contributed by atoms with Gasteiger partial charge in [0.15, 0.2) is 5.82 Å². The molecule has 5 rings (SSSR count). The molecular formula is C19H17ClN4O3S. The summed E-state index contributed by atoms with van der Waals surface area (Å²) in [5.74, 6) is 1.31. The second-order valence-electron chi connectivity index (χ2n) is 7.08. The number of carbonyl (C=O) groups is 1. The van der Waals surface area contributed by atoms with Gasteiger partial charge in [-0.1, -0.05) is 28.9 Å². The van der Waals surface area contributed by atoms with Crippen molar-refractivity contribution in [2.45, 2.75) is 29.7 Å². The van der Waals surface area contributed by atoms with E-state index >= 15 is 0 Å². The molecule has 3 aromatic rings. The van der Waals surface area contributed by atoms with Crippen LogP contribution in [0.5, 0.6) is 0 Å². The van der Waals surface area contributed by atoms with E-state index in [0.29, 0.717) is 45.2 Å². The number of benzene rings is 1. The molecule has 0 radical (unpaired) electrons. The minimum absolute atomic E-state index is 0.0261.